The summed E-state index contributed by atoms with van der Waals surface area (Å²) >= 11 is 0. The van der Waals surface area contributed by atoms with E-state index in [0.717, 1.165) is 110 Å². The quantitative estimate of drug-likeness (QED) is 0.0574. The molecule has 0 amide bonds. The van der Waals surface area contributed by atoms with Gasteiger partial charge in [-0.05, 0) is 261 Å². The molecule has 0 radical (unpaired) electrons. The predicted molar refractivity (Wildman–Crippen MR) is 305 cm³/mol. The minimum Gasteiger partial charge on any atom is -0.381 e. The predicted octanol–water partition coefficient (Wildman–Crippen LogP) is 12.8. The third kappa shape index (κ3) is 13.3. The molecule has 8 fully saturated rings. The SMILES string of the molecule is CCCO[C@@H]1CC[C@@]2(C)[C@@H](C1)C[C@H](OCCCN)[C@H]1[C@@H]3CC[C@H]([C@H](C)CCCOCCC[C@@H](C)[C@H]4CC[C@H]5[C@@H]6[C@H](OCCC)C[C@@H]7C[C@H](OCCCN)CC[C@]7(C)[C@H]6C[C@H](OCCCN)[C@]45C)[C@H]3[C@@H](OCCC)C[C@@H]12. The first-order chi connectivity index (χ1) is 36.4. The summed E-state index contributed by atoms with van der Waals surface area (Å²) in [6.45, 7) is 28.8. The molecule has 0 unspecified atom stereocenters. The molecule has 10 heteroatoms. The van der Waals surface area contributed by atoms with E-state index in [1.54, 1.807) is 0 Å². The van der Waals surface area contributed by atoms with E-state index in [-0.39, 0.29) is 11.5 Å². The van der Waals surface area contributed by atoms with Crippen molar-refractivity contribution in [3.05, 3.63) is 0 Å². The number of rotatable bonds is 31. The lowest BCUT2D eigenvalue weighted by Crippen LogP contribution is -2.63. The van der Waals surface area contributed by atoms with Crippen molar-refractivity contribution in [1.29, 1.82) is 0 Å². The van der Waals surface area contributed by atoms with E-state index in [1.807, 2.05) is 0 Å². The van der Waals surface area contributed by atoms with Gasteiger partial charge in [0, 0.05) is 58.3 Å². The Morgan fingerprint density at radius 2 is 0.960 bits per heavy atom. The van der Waals surface area contributed by atoms with Crippen molar-refractivity contribution in [1.82, 2.24) is 0 Å². The van der Waals surface area contributed by atoms with Crippen LogP contribution < -0.4 is 17.2 Å². The highest BCUT2D eigenvalue weighted by molar-refractivity contribution is 5.16. The second-order valence-electron chi connectivity index (χ2n) is 27.8. The Labute approximate surface area is 460 Å². The number of ether oxygens (including phenoxy) is 7. The highest BCUT2D eigenvalue weighted by Gasteiger charge is 2.67. The van der Waals surface area contributed by atoms with Gasteiger partial charge in [-0.1, -0.05) is 55.4 Å². The summed E-state index contributed by atoms with van der Waals surface area (Å²) in [6, 6.07) is 0. The van der Waals surface area contributed by atoms with Crippen molar-refractivity contribution in [2.75, 3.05) is 72.5 Å². The Kier molecular flexibility index (Phi) is 23.1. The van der Waals surface area contributed by atoms with Crippen LogP contribution in [0.4, 0.5) is 0 Å². The van der Waals surface area contributed by atoms with Crippen LogP contribution in [0.2, 0.25) is 0 Å². The molecule has 8 aliphatic carbocycles. The van der Waals surface area contributed by atoms with Gasteiger partial charge in [-0.25, -0.2) is 0 Å². The second-order valence-corrected chi connectivity index (χ2v) is 27.8. The lowest BCUT2D eigenvalue weighted by atomic mass is 9.43. The fraction of sp³-hybridized carbons (Fsp3) is 1.00. The van der Waals surface area contributed by atoms with Crippen molar-refractivity contribution in [2.45, 2.75) is 246 Å². The number of fused-ring (bicyclic) bond motifs is 10. The smallest absolute Gasteiger partial charge is 0.0637 e. The van der Waals surface area contributed by atoms with E-state index in [0.29, 0.717) is 132 Å². The van der Waals surface area contributed by atoms with Crippen molar-refractivity contribution >= 4 is 0 Å². The zero-order valence-electron chi connectivity index (χ0n) is 49.8. The Morgan fingerprint density at radius 1 is 0.453 bits per heavy atom. The molecule has 6 N–H and O–H groups in total. The van der Waals surface area contributed by atoms with Gasteiger partial charge in [-0.15, -0.1) is 0 Å². The first-order valence-corrected chi connectivity index (χ1v) is 32.8. The lowest BCUT2D eigenvalue weighted by molar-refractivity contribution is -0.227. The topological polar surface area (TPSA) is 143 Å². The second kappa shape index (κ2) is 28.5. The Morgan fingerprint density at radius 3 is 1.56 bits per heavy atom. The fourth-order valence-corrected chi connectivity index (χ4v) is 20.0. The van der Waals surface area contributed by atoms with E-state index >= 15 is 0 Å². The van der Waals surface area contributed by atoms with Crippen LogP contribution in [0.15, 0.2) is 0 Å². The first-order valence-electron chi connectivity index (χ1n) is 32.8. The van der Waals surface area contributed by atoms with Gasteiger partial charge in [-0.3, -0.25) is 0 Å². The monoisotopic (exact) mass is 1050 g/mol. The summed E-state index contributed by atoms with van der Waals surface area (Å²) in [5.74, 6) is 8.45. The van der Waals surface area contributed by atoms with Crippen molar-refractivity contribution < 1.29 is 33.2 Å². The lowest BCUT2D eigenvalue weighted by Gasteiger charge is -2.65. The third-order valence-electron chi connectivity index (χ3n) is 23.7. The summed E-state index contributed by atoms with van der Waals surface area (Å²) in [5, 5.41) is 0. The number of nitrogens with two attached hydrogens (primary N) is 3. The van der Waals surface area contributed by atoms with Crippen LogP contribution in [0.1, 0.15) is 209 Å². The van der Waals surface area contributed by atoms with Gasteiger partial charge in [0.15, 0.2) is 0 Å². The van der Waals surface area contributed by atoms with Crippen molar-refractivity contribution in [3.63, 3.8) is 0 Å². The molecular weight excluding hydrogens is 935 g/mol. The van der Waals surface area contributed by atoms with Gasteiger partial charge in [0.25, 0.3) is 0 Å². The maximum absolute atomic E-state index is 7.16. The van der Waals surface area contributed by atoms with Gasteiger partial charge in [0.2, 0.25) is 0 Å². The molecule has 0 aromatic rings. The molecule has 0 aromatic heterocycles. The Bertz CT molecular complexity index is 1660. The van der Waals surface area contributed by atoms with Crippen molar-refractivity contribution in [3.8, 4) is 0 Å². The zero-order valence-corrected chi connectivity index (χ0v) is 49.8. The van der Waals surface area contributed by atoms with Gasteiger partial charge in [-0.2, -0.15) is 0 Å². The van der Waals surface area contributed by atoms with Crippen LogP contribution in [-0.2, 0) is 33.2 Å². The molecule has 22 atom stereocenters. The first kappa shape index (κ1) is 60.7. The van der Waals surface area contributed by atoms with E-state index in [4.69, 9.17) is 50.4 Å². The Hall–Kier alpha value is -0.400. The average Bonchev–Trinajstić information content (AvgIpc) is 4.08. The summed E-state index contributed by atoms with van der Waals surface area (Å²) in [7, 11) is 0. The maximum atomic E-state index is 7.16. The molecule has 0 aliphatic heterocycles. The van der Waals surface area contributed by atoms with Gasteiger partial charge < -0.3 is 50.4 Å². The fourth-order valence-electron chi connectivity index (χ4n) is 20.0. The molecule has 0 heterocycles. The molecule has 0 spiro atoms. The molecule has 8 aliphatic rings. The van der Waals surface area contributed by atoms with E-state index < -0.39 is 0 Å². The number of hydrogen-bond donors (Lipinski definition) is 3. The molecule has 0 bridgehead atoms. The minimum absolute atomic E-state index is 0.142. The highest BCUT2D eigenvalue weighted by atomic mass is 16.5. The molecule has 436 valence electrons. The molecule has 10 nitrogen and oxygen atoms in total. The van der Waals surface area contributed by atoms with E-state index in [2.05, 4.69) is 55.4 Å². The largest absolute Gasteiger partial charge is 0.381 e. The summed E-state index contributed by atoms with van der Waals surface area (Å²) in [5.41, 5.74) is 18.8. The van der Waals surface area contributed by atoms with Crippen LogP contribution in [-0.4, -0.2) is 109 Å². The van der Waals surface area contributed by atoms with Gasteiger partial charge >= 0.3 is 0 Å². The molecule has 75 heavy (non-hydrogen) atoms. The molecule has 8 saturated carbocycles. The van der Waals surface area contributed by atoms with E-state index in [1.165, 1.54) is 103 Å². The van der Waals surface area contributed by atoms with Crippen LogP contribution in [0.3, 0.4) is 0 Å². The summed E-state index contributed by atoms with van der Waals surface area (Å²) in [6.07, 6.45) is 30.3. The van der Waals surface area contributed by atoms with Crippen molar-refractivity contribution in [2.24, 2.45) is 110 Å². The van der Waals surface area contributed by atoms with Crippen LogP contribution in [0.5, 0.6) is 0 Å². The highest BCUT2D eigenvalue weighted by Crippen LogP contribution is 2.70. The van der Waals surface area contributed by atoms with Crippen LogP contribution >= 0.6 is 0 Å². The van der Waals surface area contributed by atoms with Gasteiger partial charge in [0.1, 0.15) is 0 Å². The standard InChI is InChI=1S/C65H119N3O7/c1-9-30-70-48-23-25-63(6)46(38-48)40-56(74-36-15-28-67)61-51-20-19-50(60(51)58(42-54(61)63)73-32-11-3)44(4)17-12-33-69-34-13-18-45(5)52-21-22-53-62-55(43-59(65(52,53)8)75-37-16-29-68)64(7)26-24-49(71-35-14-27-66)39-47(64)41-57(62)72-31-10-2/h44-62H,9-43,66-68H2,1-8H3/t44-,45-,46+,47+,48-,49-,50-,51-,52-,53+,54+,55+,56+,57-,58+,59+,60-,61+,62+,63+,64+,65-/m1/s1. The third-order valence-corrected chi connectivity index (χ3v) is 23.7. The minimum atomic E-state index is 0.142. The van der Waals surface area contributed by atoms with Gasteiger partial charge in [0.05, 0.1) is 36.6 Å². The summed E-state index contributed by atoms with van der Waals surface area (Å²) < 4.78 is 47.7. The zero-order chi connectivity index (χ0) is 53.2. The molecule has 8 rings (SSSR count). The van der Waals surface area contributed by atoms with Crippen LogP contribution in [0, 0.1) is 93.2 Å². The maximum Gasteiger partial charge on any atom is 0.0637 e. The Balaban J connectivity index is 0.855. The average molecular weight is 1050 g/mol. The normalized spacial score (nSPS) is 43.0. The van der Waals surface area contributed by atoms with Crippen LogP contribution in [0.25, 0.3) is 0 Å². The molecule has 0 aromatic carbocycles. The molecule has 0 saturated heterocycles. The number of hydrogen-bond acceptors (Lipinski definition) is 10. The summed E-state index contributed by atoms with van der Waals surface area (Å²) in [4.78, 5) is 0. The molecular formula is C65H119N3O7. The van der Waals surface area contributed by atoms with E-state index in [9.17, 15) is 0 Å².